The molecule has 0 bridgehead atoms. The molecule has 14 nitrogen and oxygen atoms in total. The van der Waals surface area contributed by atoms with Crippen LogP contribution in [0.3, 0.4) is 0 Å². The lowest BCUT2D eigenvalue weighted by atomic mass is 9.98. The summed E-state index contributed by atoms with van der Waals surface area (Å²) in [5.41, 5.74) is 0. The zero-order valence-corrected chi connectivity index (χ0v) is 48.7. The van der Waals surface area contributed by atoms with Gasteiger partial charge in [0.2, 0.25) is 0 Å². The number of rotatable bonds is 52. The van der Waals surface area contributed by atoms with Crippen molar-refractivity contribution in [3.63, 3.8) is 0 Å². The van der Waals surface area contributed by atoms with Gasteiger partial charge in [-0.15, -0.1) is 0 Å². The zero-order valence-electron chi connectivity index (χ0n) is 48.7. The first-order valence-corrected chi connectivity index (χ1v) is 31.6. The summed E-state index contributed by atoms with van der Waals surface area (Å²) in [4.78, 5) is 13.1. The van der Waals surface area contributed by atoms with Crippen LogP contribution in [-0.4, -0.2) is 142 Å². The second-order valence-corrected chi connectivity index (χ2v) is 22.2. The van der Waals surface area contributed by atoms with Crippen LogP contribution in [0.4, 0.5) is 0 Å². The maximum Gasteiger partial charge on any atom is 0.306 e. The van der Waals surface area contributed by atoms with Crippen LogP contribution in [0, 0.1) is 0 Å². The van der Waals surface area contributed by atoms with Crippen molar-refractivity contribution in [1.82, 2.24) is 0 Å². The number of carbonyl (C=O) groups excluding carboxylic acids is 1. The van der Waals surface area contributed by atoms with Gasteiger partial charge in [0, 0.05) is 13.0 Å². The van der Waals surface area contributed by atoms with Crippen molar-refractivity contribution >= 4 is 5.97 Å². The monoisotopic (exact) mass is 1100 g/mol. The molecule has 14 heteroatoms. The fraction of sp³-hybridized carbons (Fsp3) is 0.889. The molecule has 7 N–H and O–H groups in total. The second-order valence-electron chi connectivity index (χ2n) is 22.2. The van der Waals surface area contributed by atoms with Gasteiger partial charge in [-0.2, -0.15) is 0 Å². The highest BCUT2D eigenvalue weighted by Gasteiger charge is 2.47. The van der Waals surface area contributed by atoms with Gasteiger partial charge in [-0.3, -0.25) is 4.79 Å². The van der Waals surface area contributed by atoms with Crippen molar-refractivity contribution in [2.45, 2.75) is 325 Å². The number of allylic oxidation sites excluding steroid dienone is 6. The smallest absolute Gasteiger partial charge is 0.306 e. The van der Waals surface area contributed by atoms with Gasteiger partial charge in [-0.05, 0) is 70.6 Å². The Labute approximate surface area is 468 Å². The van der Waals surface area contributed by atoms with Crippen LogP contribution in [0.2, 0.25) is 0 Å². The average molecular weight is 1100 g/mol. The Morgan fingerprint density at radius 2 is 0.805 bits per heavy atom. The lowest BCUT2D eigenvalue weighted by molar-refractivity contribution is -0.332. The Morgan fingerprint density at radius 1 is 0.429 bits per heavy atom. The first kappa shape index (κ1) is 71.3. The first-order valence-electron chi connectivity index (χ1n) is 31.6. The van der Waals surface area contributed by atoms with E-state index in [1.54, 1.807) is 0 Å². The molecule has 2 heterocycles. The molecule has 0 amide bonds. The van der Waals surface area contributed by atoms with Gasteiger partial charge >= 0.3 is 5.97 Å². The molecule has 2 saturated heterocycles. The molecule has 2 rings (SSSR count). The van der Waals surface area contributed by atoms with Crippen molar-refractivity contribution < 1.29 is 69.0 Å². The zero-order chi connectivity index (χ0) is 55.8. The fourth-order valence-electron chi connectivity index (χ4n) is 10.0. The molecule has 2 aliphatic rings. The summed E-state index contributed by atoms with van der Waals surface area (Å²) >= 11 is 0. The summed E-state index contributed by atoms with van der Waals surface area (Å²) in [6.45, 7) is 3.70. The molecule has 2 aliphatic heterocycles. The Kier molecular flexibility index (Phi) is 46.3. The average Bonchev–Trinajstić information content (AvgIpc) is 3.43. The lowest BCUT2D eigenvalue weighted by Gasteiger charge is -2.42. The molecule has 0 radical (unpaired) electrons. The van der Waals surface area contributed by atoms with Gasteiger partial charge in [0.25, 0.3) is 0 Å². The largest absolute Gasteiger partial charge is 0.457 e. The highest BCUT2D eigenvalue weighted by Crippen LogP contribution is 2.27. The van der Waals surface area contributed by atoms with Crippen LogP contribution < -0.4 is 0 Å². The van der Waals surface area contributed by atoms with Gasteiger partial charge in [-0.25, -0.2) is 0 Å². The van der Waals surface area contributed by atoms with Crippen LogP contribution >= 0.6 is 0 Å². The molecule has 2 fully saturated rings. The van der Waals surface area contributed by atoms with Gasteiger partial charge in [-0.1, -0.05) is 217 Å². The predicted molar refractivity (Wildman–Crippen MR) is 307 cm³/mol. The molecule has 0 aliphatic carbocycles. The molecular formula is C63H116O14. The quantitative estimate of drug-likeness (QED) is 0.0172. The van der Waals surface area contributed by atoms with Gasteiger partial charge in [0.15, 0.2) is 12.6 Å². The Hall–Kier alpha value is -1.79. The number of carbonyl (C=O) groups is 1. The first-order chi connectivity index (χ1) is 37.6. The number of esters is 1. The summed E-state index contributed by atoms with van der Waals surface area (Å²) < 4.78 is 34.5. The van der Waals surface area contributed by atoms with Crippen LogP contribution in [-0.2, 0) is 33.2 Å². The van der Waals surface area contributed by atoms with Gasteiger partial charge < -0.3 is 64.2 Å². The van der Waals surface area contributed by atoms with E-state index < -0.39 is 80.7 Å². The summed E-state index contributed by atoms with van der Waals surface area (Å²) in [5, 5.41) is 72.4. The minimum Gasteiger partial charge on any atom is -0.457 e. The van der Waals surface area contributed by atoms with Crippen molar-refractivity contribution in [3.05, 3.63) is 36.5 Å². The molecule has 11 atom stereocenters. The highest BCUT2D eigenvalue weighted by atomic mass is 16.7. The summed E-state index contributed by atoms with van der Waals surface area (Å²) in [5.74, 6) is -0.380. The van der Waals surface area contributed by atoms with E-state index in [1.165, 1.54) is 180 Å². The Bertz CT molecular complexity index is 1410. The second kappa shape index (κ2) is 50.0. The van der Waals surface area contributed by atoms with E-state index in [4.69, 9.17) is 28.4 Å². The van der Waals surface area contributed by atoms with Crippen molar-refractivity contribution in [3.8, 4) is 0 Å². The van der Waals surface area contributed by atoms with Crippen molar-refractivity contribution in [1.29, 1.82) is 0 Å². The maximum atomic E-state index is 13.1. The van der Waals surface area contributed by atoms with Crippen molar-refractivity contribution in [2.24, 2.45) is 0 Å². The van der Waals surface area contributed by atoms with E-state index in [-0.39, 0.29) is 25.6 Å². The van der Waals surface area contributed by atoms with E-state index in [0.717, 1.165) is 51.4 Å². The van der Waals surface area contributed by atoms with Crippen LogP contribution in [0.15, 0.2) is 36.5 Å². The number of ether oxygens (including phenoxy) is 6. The maximum absolute atomic E-state index is 13.1. The van der Waals surface area contributed by atoms with Crippen LogP contribution in [0.1, 0.15) is 258 Å². The molecule has 0 aromatic carbocycles. The SMILES string of the molecule is CCCCC/C=C\C/C=C\CCCCCCCCCC(=O)OC(COCCCCCCCCCCCCCCCC/C=C\CCCCCCCCCC)COC1OC(COC2OC(CO)C(O)C(O)C2O)C(O)C(O)C1O. The number of aliphatic hydroxyl groups is 7. The standard InChI is InChI=1S/C63H116O14/c1-3-5-7-9-11-13-15-17-19-21-22-23-24-25-26-27-28-29-31-33-35-37-39-41-43-45-47-72-49-52(75-55(65)46-44-42-40-38-36-34-32-30-20-18-16-14-12-10-8-6-4-2)50-73-62-61(71)59(69)57(67)54(77-62)51-74-63-60(70)58(68)56(66)53(48-64)76-63/h12,14,18,20-22,52-54,56-64,66-71H,3-11,13,15-17,19,23-51H2,1-2H3/b14-12-,20-18-,22-21-. The van der Waals surface area contributed by atoms with E-state index in [9.17, 15) is 40.5 Å². The Balaban J connectivity index is 1.66. The predicted octanol–water partition coefficient (Wildman–Crippen LogP) is 12.1. The van der Waals surface area contributed by atoms with Crippen LogP contribution in [0.5, 0.6) is 0 Å². The van der Waals surface area contributed by atoms with Crippen molar-refractivity contribution in [2.75, 3.05) is 33.0 Å². The third-order valence-corrected chi connectivity index (χ3v) is 15.1. The minimum absolute atomic E-state index is 0.0606. The summed E-state index contributed by atoms with van der Waals surface area (Å²) in [6, 6.07) is 0. The van der Waals surface area contributed by atoms with E-state index in [0.29, 0.717) is 13.0 Å². The number of hydrogen-bond acceptors (Lipinski definition) is 14. The van der Waals surface area contributed by atoms with E-state index in [1.807, 2.05) is 0 Å². The fourth-order valence-corrected chi connectivity index (χ4v) is 10.0. The molecule has 0 spiro atoms. The van der Waals surface area contributed by atoms with Gasteiger partial charge in [0.05, 0.1) is 26.4 Å². The normalized spacial score (nSPS) is 24.5. The third-order valence-electron chi connectivity index (χ3n) is 15.1. The summed E-state index contributed by atoms with van der Waals surface area (Å²) in [6.07, 6.45) is 43.5. The number of unbranched alkanes of at least 4 members (excludes halogenated alkanes) is 32. The number of hydrogen-bond donors (Lipinski definition) is 7. The molecule has 0 aromatic rings. The lowest BCUT2D eigenvalue weighted by Crippen LogP contribution is -2.61. The molecule has 77 heavy (non-hydrogen) atoms. The third kappa shape index (κ3) is 36.3. The van der Waals surface area contributed by atoms with E-state index >= 15 is 0 Å². The van der Waals surface area contributed by atoms with Crippen LogP contribution in [0.25, 0.3) is 0 Å². The minimum atomic E-state index is -1.71. The molecule has 0 saturated carbocycles. The highest BCUT2D eigenvalue weighted by molar-refractivity contribution is 5.69. The molecule has 11 unspecified atom stereocenters. The van der Waals surface area contributed by atoms with Gasteiger partial charge in [0.1, 0.15) is 54.9 Å². The topological polar surface area (TPSA) is 214 Å². The molecule has 0 aromatic heterocycles. The molecule has 452 valence electrons. The Morgan fingerprint density at radius 3 is 1.29 bits per heavy atom. The molecular weight excluding hydrogens is 981 g/mol. The summed E-state index contributed by atoms with van der Waals surface area (Å²) in [7, 11) is 0. The number of aliphatic hydroxyl groups excluding tert-OH is 7. The van der Waals surface area contributed by atoms with E-state index in [2.05, 4.69) is 50.3 Å².